The average molecular weight is 302 g/mol. The molecular weight excluding hydrogens is 285 g/mol. The Morgan fingerprint density at radius 3 is 2.37 bits per heavy atom. The molecule has 5 N–H and O–H groups in total. The summed E-state index contributed by atoms with van der Waals surface area (Å²) in [5.41, 5.74) is 12.6. The van der Waals surface area contributed by atoms with Gasteiger partial charge in [0.1, 0.15) is 5.69 Å². The van der Waals surface area contributed by atoms with Crippen LogP contribution in [0.5, 0.6) is 0 Å². The molecule has 0 aromatic heterocycles. The maximum absolute atomic E-state index is 6.01. The summed E-state index contributed by atoms with van der Waals surface area (Å²) in [7, 11) is 0. The first-order chi connectivity index (χ1) is 8.49. The van der Waals surface area contributed by atoms with Crippen molar-refractivity contribution in [2.24, 2.45) is 22.4 Å². The lowest BCUT2D eigenvalue weighted by Crippen LogP contribution is -3.00. The molecule has 0 amide bonds. The lowest BCUT2D eigenvalue weighted by molar-refractivity contribution is -0.496. The van der Waals surface area contributed by atoms with Gasteiger partial charge in [-0.3, -0.25) is 5.73 Å². The molecule has 1 aromatic carbocycles. The van der Waals surface area contributed by atoms with Crippen molar-refractivity contribution in [1.82, 2.24) is 5.32 Å². The third-order valence-electron chi connectivity index (χ3n) is 2.75. The van der Waals surface area contributed by atoms with Crippen LogP contribution in [0, 0.1) is 5.92 Å². The molecule has 7 heteroatoms. The summed E-state index contributed by atoms with van der Waals surface area (Å²) in [6, 6.07) is 7.46. The molecule has 1 atom stereocenters. The predicted octanol–water partition coefficient (Wildman–Crippen LogP) is -1.80. The number of rotatable bonds is 2. The topological polar surface area (TPSA) is 79.4 Å². The zero-order valence-corrected chi connectivity index (χ0v) is 12.3. The molecule has 1 heterocycles. The fourth-order valence-electron chi connectivity index (χ4n) is 1.91. The highest BCUT2D eigenvalue weighted by atomic mass is 35.5. The fourth-order valence-corrected chi connectivity index (χ4v) is 2.03. The molecule has 0 aliphatic carbocycles. The smallest absolute Gasteiger partial charge is 0.357 e. The van der Waals surface area contributed by atoms with Gasteiger partial charge in [-0.2, -0.15) is 4.99 Å². The summed E-state index contributed by atoms with van der Waals surface area (Å²) in [5, 5.41) is 3.53. The van der Waals surface area contributed by atoms with Crippen LogP contribution < -0.4 is 29.2 Å². The molecule has 1 aromatic rings. The minimum atomic E-state index is -0.118. The van der Waals surface area contributed by atoms with Gasteiger partial charge in [-0.1, -0.05) is 25.4 Å². The number of halogens is 2. The van der Waals surface area contributed by atoms with E-state index in [1.807, 2.05) is 28.8 Å². The van der Waals surface area contributed by atoms with Crippen LogP contribution in [0.2, 0.25) is 5.02 Å². The fraction of sp³-hybridized carbons (Fsp3) is 0.333. The Morgan fingerprint density at radius 1 is 1.26 bits per heavy atom. The molecule has 0 fully saturated rings. The van der Waals surface area contributed by atoms with Crippen LogP contribution in [0.15, 0.2) is 29.3 Å². The molecule has 0 bridgehead atoms. The van der Waals surface area contributed by atoms with Crippen molar-refractivity contribution in [3.8, 4) is 0 Å². The van der Waals surface area contributed by atoms with Crippen LogP contribution in [-0.4, -0.2) is 22.7 Å². The number of hydrogen-bond donors (Lipinski definition) is 3. The van der Waals surface area contributed by atoms with Gasteiger partial charge in [0, 0.05) is 10.9 Å². The Kier molecular flexibility index (Phi) is 5.03. The van der Waals surface area contributed by atoms with Crippen molar-refractivity contribution in [1.29, 1.82) is 0 Å². The summed E-state index contributed by atoms with van der Waals surface area (Å²) in [5.74, 6) is 1.10. The van der Waals surface area contributed by atoms with Crippen molar-refractivity contribution >= 4 is 29.2 Å². The van der Waals surface area contributed by atoms with Crippen molar-refractivity contribution < 1.29 is 17.0 Å². The van der Waals surface area contributed by atoms with Crippen molar-refractivity contribution in [2.75, 3.05) is 0 Å². The number of nitrogens with zero attached hydrogens (tertiary/aromatic N) is 2. The summed E-state index contributed by atoms with van der Waals surface area (Å²) in [4.78, 5) is 4.39. The number of benzene rings is 1. The normalized spacial score (nSPS) is 18.7. The molecule has 104 valence electrons. The largest absolute Gasteiger partial charge is 1.00 e. The van der Waals surface area contributed by atoms with Crippen LogP contribution in [0.4, 0.5) is 5.69 Å². The van der Waals surface area contributed by atoms with E-state index in [0.717, 1.165) is 5.69 Å². The van der Waals surface area contributed by atoms with Crippen molar-refractivity contribution in [3.05, 3.63) is 29.3 Å². The van der Waals surface area contributed by atoms with Gasteiger partial charge in [0.2, 0.25) is 0 Å². The number of hydrogen-bond acceptors (Lipinski definition) is 4. The monoisotopic (exact) mass is 301 g/mol. The van der Waals surface area contributed by atoms with E-state index in [4.69, 9.17) is 23.1 Å². The molecule has 0 saturated carbocycles. The molecule has 1 aliphatic heterocycles. The molecule has 1 aliphatic rings. The first-order valence-corrected chi connectivity index (χ1v) is 6.14. The van der Waals surface area contributed by atoms with Crippen LogP contribution >= 0.6 is 11.6 Å². The quantitative estimate of drug-likeness (QED) is 0.564. The maximum Gasteiger partial charge on any atom is 0.357 e. The first kappa shape index (κ1) is 15.6. The molecule has 2 rings (SSSR count). The standard InChI is InChI=1S/C12H16ClN5.ClH/c1-7(2)10-16-11(14)17-12(15)18(10)9-5-3-8(13)4-6-9;/h3-7,10H,1-2H3,(H4,14,15,16,17);1H. The van der Waals surface area contributed by atoms with Crippen LogP contribution in [0.25, 0.3) is 0 Å². The second kappa shape index (κ2) is 6.12. The Hall–Kier alpha value is -1.46. The van der Waals surface area contributed by atoms with E-state index >= 15 is 0 Å². The Balaban J connectivity index is 0.00000180. The lowest BCUT2D eigenvalue weighted by atomic mass is 10.1. The van der Waals surface area contributed by atoms with Crippen molar-refractivity contribution in [3.63, 3.8) is 0 Å². The molecule has 5 nitrogen and oxygen atoms in total. The SMILES string of the molecule is CC(C)C1N=C(N)NC(N)=[N+]1c1ccc(Cl)cc1.[Cl-]. The molecule has 0 spiro atoms. The van der Waals surface area contributed by atoms with Gasteiger partial charge in [-0.25, -0.2) is 9.89 Å². The zero-order valence-electron chi connectivity index (χ0n) is 10.8. The second-order valence-electron chi connectivity index (χ2n) is 4.53. The Labute approximate surface area is 123 Å². The van der Waals surface area contributed by atoms with E-state index in [1.54, 1.807) is 0 Å². The maximum atomic E-state index is 6.01. The number of aliphatic imine (C=N–C) groups is 1. The van der Waals surface area contributed by atoms with E-state index in [1.165, 1.54) is 0 Å². The highest BCUT2D eigenvalue weighted by molar-refractivity contribution is 6.30. The van der Waals surface area contributed by atoms with Crippen LogP contribution in [-0.2, 0) is 0 Å². The zero-order chi connectivity index (χ0) is 13.3. The number of nitrogens with one attached hydrogen (secondary N) is 1. The van der Waals surface area contributed by atoms with Crippen molar-refractivity contribution in [2.45, 2.75) is 20.0 Å². The highest BCUT2D eigenvalue weighted by Crippen LogP contribution is 2.22. The van der Waals surface area contributed by atoms with E-state index < -0.39 is 0 Å². The molecular formula is C12H17Cl2N5. The molecule has 1 unspecified atom stereocenters. The number of guanidine groups is 2. The molecule has 0 radical (unpaired) electrons. The van der Waals surface area contributed by atoms with Gasteiger partial charge < -0.3 is 18.1 Å². The summed E-state index contributed by atoms with van der Waals surface area (Å²) >= 11 is 5.89. The Bertz CT molecular complexity index is 507. The van der Waals surface area contributed by atoms with Gasteiger partial charge in [0.05, 0.1) is 0 Å². The Morgan fingerprint density at radius 2 is 1.84 bits per heavy atom. The lowest BCUT2D eigenvalue weighted by Gasteiger charge is -2.24. The third-order valence-corrected chi connectivity index (χ3v) is 3.00. The molecule has 0 saturated heterocycles. The van der Waals surface area contributed by atoms with E-state index in [9.17, 15) is 0 Å². The minimum absolute atomic E-state index is 0. The summed E-state index contributed by atoms with van der Waals surface area (Å²) < 4.78 is 1.91. The van der Waals surface area contributed by atoms with Gasteiger partial charge in [0.15, 0.2) is 6.17 Å². The van der Waals surface area contributed by atoms with E-state index in [2.05, 4.69) is 24.2 Å². The van der Waals surface area contributed by atoms with Crippen LogP contribution in [0.1, 0.15) is 13.8 Å². The predicted molar refractivity (Wildman–Crippen MR) is 74.0 cm³/mol. The third kappa shape index (κ3) is 3.30. The summed E-state index contributed by atoms with van der Waals surface area (Å²) in [6.07, 6.45) is -0.118. The number of nitrogens with two attached hydrogens (primary N) is 2. The van der Waals surface area contributed by atoms with E-state index in [0.29, 0.717) is 16.9 Å². The van der Waals surface area contributed by atoms with Crippen LogP contribution in [0.3, 0.4) is 0 Å². The van der Waals surface area contributed by atoms with E-state index in [-0.39, 0.29) is 24.5 Å². The van der Waals surface area contributed by atoms with Gasteiger partial charge in [-0.15, -0.1) is 0 Å². The van der Waals surface area contributed by atoms with Gasteiger partial charge in [-0.05, 0) is 24.3 Å². The second-order valence-corrected chi connectivity index (χ2v) is 4.97. The highest BCUT2D eigenvalue weighted by Gasteiger charge is 2.29. The van der Waals surface area contributed by atoms with Gasteiger partial charge >= 0.3 is 5.96 Å². The first-order valence-electron chi connectivity index (χ1n) is 5.76. The average Bonchev–Trinajstić information content (AvgIpc) is 2.29. The molecule has 19 heavy (non-hydrogen) atoms. The minimum Gasteiger partial charge on any atom is -1.00 e. The van der Waals surface area contributed by atoms with Gasteiger partial charge in [0.25, 0.3) is 5.96 Å². The summed E-state index contributed by atoms with van der Waals surface area (Å²) in [6.45, 7) is 4.14.